The number of amides is 3. The van der Waals surface area contributed by atoms with Crippen LogP contribution in [0.1, 0.15) is 54.0 Å². The minimum absolute atomic E-state index is 0.268. The van der Waals surface area contributed by atoms with E-state index in [1.807, 2.05) is 52.0 Å². The molecule has 2 aromatic carbocycles. The van der Waals surface area contributed by atoms with Gasteiger partial charge in [0.25, 0.3) is 5.91 Å². The quantitative estimate of drug-likeness (QED) is 0.410. The van der Waals surface area contributed by atoms with Crippen LogP contribution in [0.5, 0.6) is 5.75 Å². The first-order valence-electron chi connectivity index (χ1n) is 11.8. The fraction of sp³-hybridized carbons (Fsp3) is 0.321. The number of carbonyl (C=O) groups is 3. The Bertz CT molecular complexity index is 1170. The first kappa shape index (κ1) is 26.9. The number of benzene rings is 2. The van der Waals surface area contributed by atoms with Gasteiger partial charge in [0.05, 0.1) is 18.5 Å². The van der Waals surface area contributed by atoms with Crippen molar-refractivity contribution in [3.05, 3.63) is 82.0 Å². The van der Waals surface area contributed by atoms with Crippen LogP contribution < -0.4 is 20.3 Å². The third-order valence-corrected chi connectivity index (χ3v) is 6.88. The number of nitrogens with one attached hydrogen (secondary N) is 2. The fourth-order valence-corrected chi connectivity index (χ4v) is 4.21. The van der Waals surface area contributed by atoms with Gasteiger partial charge in [0, 0.05) is 11.2 Å². The smallest absolute Gasteiger partial charge is 0.261 e. The average Bonchev–Trinajstić information content (AvgIpc) is 3.41. The Morgan fingerprint density at radius 3 is 2.25 bits per heavy atom. The Balaban J connectivity index is 2.03. The Morgan fingerprint density at radius 2 is 1.69 bits per heavy atom. The summed E-state index contributed by atoms with van der Waals surface area (Å²) in [6.07, 6.45) is 0.715. The monoisotopic (exact) mass is 507 g/mol. The lowest BCUT2D eigenvalue weighted by molar-refractivity contribution is -0.127. The lowest BCUT2D eigenvalue weighted by Gasteiger charge is -2.34. The second kappa shape index (κ2) is 11.9. The summed E-state index contributed by atoms with van der Waals surface area (Å²) in [6.45, 7) is 7.57. The minimum Gasteiger partial charge on any atom is -0.497 e. The van der Waals surface area contributed by atoms with Crippen molar-refractivity contribution in [2.24, 2.45) is 0 Å². The molecule has 3 aromatic rings. The fourth-order valence-electron chi connectivity index (χ4n) is 3.57. The maximum atomic E-state index is 13.8. The molecule has 0 fully saturated rings. The van der Waals surface area contributed by atoms with E-state index in [2.05, 4.69) is 10.6 Å². The molecule has 190 valence electrons. The van der Waals surface area contributed by atoms with Gasteiger partial charge in [0.15, 0.2) is 0 Å². The number of hydrogen-bond donors (Lipinski definition) is 2. The molecule has 2 N–H and O–H groups in total. The van der Waals surface area contributed by atoms with Crippen LogP contribution in [0.4, 0.5) is 5.69 Å². The van der Waals surface area contributed by atoms with E-state index in [1.165, 1.54) is 16.2 Å². The summed E-state index contributed by atoms with van der Waals surface area (Å²) in [5.41, 5.74) is 1.75. The normalized spacial score (nSPS) is 11.9. The van der Waals surface area contributed by atoms with E-state index in [9.17, 15) is 14.4 Å². The Morgan fingerprint density at radius 1 is 1.03 bits per heavy atom. The zero-order chi connectivity index (χ0) is 26.3. The number of anilines is 1. The van der Waals surface area contributed by atoms with Gasteiger partial charge in [-0.1, -0.05) is 42.8 Å². The molecule has 1 heterocycles. The number of methoxy groups -OCH3 is 1. The molecule has 8 heteroatoms. The summed E-state index contributed by atoms with van der Waals surface area (Å²) in [5, 5.41) is 7.59. The number of nitrogens with zero attached hydrogens (tertiary/aromatic N) is 1. The topological polar surface area (TPSA) is 87.7 Å². The molecule has 0 bridgehead atoms. The number of hydrogen-bond acceptors (Lipinski definition) is 5. The molecule has 0 aliphatic heterocycles. The first-order chi connectivity index (χ1) is 17.1. The van der Waals surface area contributed by atoms with Crippen LogP contribution in [-0.2, 0) is 9.59 Å². The van der Waals surface area contributed by atoms with Crippen molar-refractivity contribution in [3.63, 3.8) is 0 Å². The van der Waals surface area contributed by atoms with Crippen molar-refractivity contribution < 1.29 is 19.1 Å². The molecular formula is C28H33N3O4S. The minimum atomic E-state index is -0.948. The molecule has 7 nitrogen and oxygen atoms in total. The van der Waals surface area contributed by atoms with Crippen LogP contribution in [0.15, 0.2) is 66.0 Å². The molecule has 0 spiro atoms. The molecule has 0 unspecified atom stereocenters. The Kier molecular flexibility index (Phi) is 8.88. The molecule has 0 aliphatic rings. The van der Waals surface area contributed by atoms with Crippen LogP contribution >= 0.6 is 11.3 Å². The first-order valence-corrected chi connectivity index (χ1v) is 12.7. The molecule has 0 aliphatic carbocycles. The largest absolute Gasteiger partial charge is 0.497 e. The molecule has 0 saturated carbocycles. The number of aryl methyl sites for hydroxylation is 1. The zero-order valence-corrected chi connectivity index (χ0v) is 22.1. The van der Waals surface area contributed by atoms with Gasteiger partial charge in [-0.05, 0) is 68.5 Å². The van der Waals surface area contributed by atoms with E-state index in [-0.39, 0.29) is 18.4 Å². The second-order valence-corrected chi connectivity index (χ2v) is 10.1. The Hall–Kier alpha value is -3.65. The third-order valence-electron chi connectivity index (χ3n) is 6.01. The van der Waals surface area contributed by atoms with Gasteiger partial charge in [-0.25, -0.2) is 0 Å². The predicted octanol–water partition coefficient (Wildman–Crippen LogP) is 4.87. The highest BCUT2D eigenvalue weighted by Crippen LogP contribution is 2.30. The molecular weight excluding hydrogens is 474 g/mol. The number of ether oxygens (including phenoxy) is 1. The molecule has 0 radical (unpaired) electrons. The lowest BCUT2D eigenvalue weighted by atomic mass is 9.97. The van der Waals surface area contributed by atoms with Gasteiger partial charge in [-0.3, -0.25) is 19.3 Å². The van der Waals surface area contributed by atoms with Crippen LogP contribution in [-0.4, -0.2) is 36.9 Å². The third kappa shape index (κ3) is 6.73. The highest BCUT2D eigenvalue weighted by Gasteiger charge is 2.35. The number of carbonyl (C=O) groups excluding carboxylic acids is 3. The summed E-state index contributed by atoms with van der Waals surface area (Å²) in [4.78, 5) is 41.9. The van der Waals surface area contributed by atoms with E-state index < -0.39 is 17.5 Å². The van der Waals surface area contributed by atoms with Crippen molar-refractivity contribution >= 4 is 34.7 Å². The van der Waals surface area contributed by atoms with Gasteiger partial charge >= 0.3 is 0 Å². The zero-order valence-electron chi connectivity index (χ0n) is 21.3. The van der Waals surface area contributed by atoms with Gasteiger partial charge in [-0.15, -0.1) is 11.3 Å². The van der Waals surface area contributed by atoms with E-state index >= 15 is 0 Å². The molecule has 3 amide bonds. The standard InChI is InChI=1S/C28H33N3O4S/c1-6-28(3,4)30-27(34)25(20-11-9-19(2)10-12-20)31(21-13-15-22(35-5)16-14-21)24(32)18-29-26(33)23-8-7-17-36-23/h7-17,25H,6,18H2,1-5H3,(H,29,33)(H,30,34)/t25-/m1/s1. The SMILES string of the molecule is CCC(C)(C)NC(=O)[C@@H](c1ccc(C)cc1)N(C(=O)CNC(=O)c1cccs1)c1ccc(OC)cc1. The summed E-state index contributed by atoms with van der Waals surface area (Å²) >= 11 is 1.29. The van der Waals surface area contributed by atoms with Crippen LogP contribution in [0, 0.1) is 6.92 Å². The summed E-state index contributed by atoms with van der Waals surface area (Å²) in [5.74, 6) is -0.434. The molecule has 1 atom stereocenters. The van der Waals surface area contributed by atoms with Crippen molar-refractivity contribution in [1.82, 2.24) is 10.6 Å². The van der Waals surface area contributed by atoms with Gasteiger partial charge in [-0.2, -0.15) is 0 Å². The van der Waals surface area contributed by atoms with Gasteiger partial charge < -0.3 is 15.4 Å². The van der Waals surface area contributed by atoms with Crippen molar-refractivity contribution in [1.29, 1.82) is 0 Å². The van der Waals surface area contributed by atoms with E-state index in [0.29, 0.717) is 28.3 Å². The number of rotatable bonds is 10. The highest BCUT2D eigenvalue weighted by molar-refractivity contribution is 7.12. The van der Waals surface area contributed by atoms with Crippen LogP contribution in [0.25, 0.3) is 0 Å². The van der Waals surface area contributed by atoms with Crippen LogP contribution in [0.3, 0.4) is 0 Å². The predicted molar refractivity (Wildman–Crippen MR) is 144 cm³/mol. The Labute approximate surface area is 216 Å². The summed E-state index contributed by atoms with van der Waals surface area (Å²) in [6, 6.07) is 17.0. The maximum absolute atomic E-state index is 13.8. The maximum Gasteiger partial charge on any atom is 0.261 e. The van der Waals surface area contributed by atoms with Crippen molar-refractivity contribution in [2.45, 2.75) is 45.7 Å². The van der Waals surface area contributed by atoms with Gasteiger partial charge in [0.2, 0.25) is 11.8 Å². The summed E-state index contributed by atoms with van der Waals surface area (Å²) < 4.78 is 5.28. The van der Waals surface area contributed by atoms with Crippen LogP contribution in [0.2, 0.25) is 0 Å². The molecule has 0 saturated heterocycles. The van der Waals surface area contributed by atoms with E-state index in [4.69, 9.17) is 4.74 Å². The average molecular weight is 508 g/mol. The second-order valence-electron chi connectivity index (χ2n) is 9.16. The number of thiophene rings is 1. The lowest BCUT2D eigenvalue weighted by Crippen LogP contribution is -2.52. The highest BCUT2D eigenvalue weighted by atomic mass is 32.1. The van der Waals surface area contributed by atoms with Crippen molar-refractivity contribution in [3.8, 4) is 5.75 Å². The summed E-state index contributed by atoms with van der Waals surface area (Å²) in [7, 11) is 1.56. The molecule has 36 heavy (non-hydrogen) atoms. The van der Waals surface area contributed by atoms with E-state index in [0.717, 1.165) is 5.56 Å². The van der Waals surface area contributed by atoms with Gasteiger partial charge in [0.1, 0.15) is 11.8 Å². The van der Waals surface area contributed by atoms with Crippen molar-refractivity contribution in [2.75, 3.05) is 18.6 Å². The molecule has 3 rings (SSSR count). The van der Waals surface area contributed by atoms with E-state index in [1.54, 1.807) is 48.9 Å². The molecule has 1 aromatic heterocycles.